The van der Waals surface area contributed by atoms with Gasteiger partial charge >= 0.3 is 5.69 Å². The van der Waals surface area contributed by atoms with Crippen molar-refractivity contribution >= 4 is 8.32 Å². The minimum absolute atomic E-state index is 0.0162. The second-order valence-corrected chi connectivity index (χ2v) is 13.4. The van der Waals surface area contributed by atoms with Crippen LogP contribution in [-0.4, -0.2) is 53.0 Å². The van der Waals surface area contributed by atoms with Crippen molar-refractivity contribution in [1.82, 2.24) is 9.55 Å². The minimum Gasteiger partial charge on any atom is -0.414 e. The number of aliphatic hydroxyl groups is 2. The SMILES string of the molecule is Cc1cn([C@@H]2C[C@@](O)(CO[Si](C)(C)C(C)(C)C)[C@@H](CO)O2)c(=O)[nH]c1=O. The van der Waals surface area contributed by atoms with E-state index in [1.807, 2.05) is 0 Å². The van der Waals surface area contributed by atoms with E-state index in [1.54, 1.807) is 6.92 Å². The van der Waals surface area contributed by atoms with E-state index in [0.29, 0.717) is 5.56 Å². The second-order valence-electron chi connectivity index (χ2n) is 8.60. The molecule has 0 aliphatic carbocycles. The molecule has 9 heteroatoms. The maximum atomic E-state index is 12.1. The Morgan fingerprint density at radius 2 is 2.04 bits per heavy atom. The number of aromatic amines is 1. The molecule has 8 nitrogen and oxygen atoms in total. The van der Waals surface area contributed by atoms with E-state index < -0.39 is 44.1 Å². The van der Waals surface area contributed by atoms with Crippen molar-refractivity contribution in [2.24, 2.45) is 0 Å². The molecule has 0 amide bonds. The molecule has 0 unspecified atom stereocenters. The van der Waals surface area contributed by atoms with Crippen molar-refractivity contribution in [3.8, 4) is 0 Å². The molecule has 1 aliphatic heterocycles. The average molecular weight is 387 g/mol. The van der Waals surface area contributed by atoms with Crippen LogP contribution in [-0.2, 0) is 9.16 Å². The number of nitrogens with one attached hydrogen (secondary N) is 1. The fraction of sp³-hybridized carbons (Fsp3) is 0.765. The van der Waals surface area contributed by atoms with Crippen molar-refractivity contribution in [2.75, 3.05) is 13.2 Å². The molecule has 0 radical (unpaired) electrons. The van der Waals surface area contributed by atoms with Crippen LogP contribution >= 0.6 is 0 Å². The third-order valence-corrected chi connectivity index (χ3v) is 10.0. The third-order valence-electron chi connectivity index (χ3n) is 5.56. The summed E-state index contributed by atoms with van der Waals surface area (Å²) in [5.74, 6) is 0. The Balaban J connectivity index is 2.24. The smallest absolute Gasteiger partial charge is 0.330 e. The zero-order valence-electron chi connectivity index (χ0n) is 16.3. The molecular formula is C17H30N2O6Si. The van der Waals surface area contributed by atoms with E-state index in [2.05, 4.69) is 38.8 Å². The van der Waals surface area contributed by atoms with Gasteiger partial charge in [0.05, 0.1) is 13.2 Å². The average Bonchev–Trinajstić information content (AvgIpc) is 2.85. The fourth-order valence-electron chi connectivity index (χ4n) is 2.65. The first-order valence-electron chi connectivity index (χ1n) is 8.75. The maximum Gasteiger partial charge on any atom is 0.330 e. The summed E-state index contributed by atoms with van der Waals surface area (Å²) in [6.45, 7) is 11.7. The summed E-state index contributed by atoms with van der Waals surface area (Å²) in [7, 11) is -2.10. The number of aryl methyl sites for hydroxylation is 1. The van der Waals surface area contributed by atoms with E-state index >= 15 is 0 Å². The standard InChI is InChI=1S/C17H30N2O6Si/c1-11-8-19(15(22)18-14(11)21)13-7-17(23,12(9-20)25-13)10-24-26(5,6)16(2,3)4/h8,12-13,20,23H,7,9-10H2,1-6H3,(H,18,21,22)/t12-,13+,17-/m1/s1. The highest BCUT2D eigenvalue weighted by Gasteiger charge is 2.50. The number of H-pyrrole nitrogens is 1. The van der Waals surface area contributed by atoms with Crippen LogP contribution in [0, 0.1) is 6.92 Å². The molecule has 1 aromatic rings. The second kappa shape index (κ2) is 7.04. The van der Waals surface area contributed by atoms with Crippen molar-refractivity contribution in [1.29, 1.82) is 0 Å². The summed E-state index contributed by atoms with van der Waals surface area (Å²) in [5, 5.41) is 20.7. The maximum absolute atomic E-state index is 12.1. The lowest BCUT2D eigenvalue weighted by atomic mass is 9.96. The highest BCUT2D eigenvalue weighted by molar-refractivity contribution is 6.74. The van der Waals surface area contributed by atoms with Crippen LogP contribution < -0.4 is 11.2 Å². The highest BCUT2D eigenvalue weighted by atomic mass is 28.4. The van der Waals surface area contributed by atoms with Crippen LogP contribution in [0.4, 0.5) is 0 Å². The van der Waals surface area contributed by atoms with Crippen molar-refractivity contribution in [2.45, 2.75) is 70.2 Å². The summed E-state index contributed by atoms with van der Waals surface area (Å²) in [6.07, 6.45) is -0.182. The van der Waals surface area contributed by atoms with E-state index in [9.17, 15) is 19.8 Å². The number of hydrogen-bond acceptors (Lipinski definition) is 6. The molecular weight excluding hydrogens is 356 g/mol. The lowest BCUT2D eigenvalue weighted by Crippen LogP contribution is -2.50. The summed E-state index contributed by atoms with van der Waals surface area (Å²) < 4.78 is 13.1. The number of nitrogens with zero attached hydrogens (tertiary/aromatic N) is 1. The van der Waals surface area contributed by atoms with Gasteiger partial charge in [-0.25, -0.2) is 4.79 Å². The number of hydrogen-bond donors (Lipinski definition) is 3. The van der Waals surface area contributed by atoms with Gasteiger partial charge in [-0.2, -0.15) is 0 Å². The molecule has 0 bridgehead atoms. The first-order valence-corrected chi connectivity index (χ1v) is 11.7. The molecule has 0 saturated carbocycles. The van der Waals surface area contributed by atoms with E-state index in [1.165, 1.54) is 10.8 Å². The third kappa shape index (κ3) is 4.01. The molecule has 148 valence electrons. The molecule has 1 aromatic heterocycles. The Morgan fingerprint density at radius 3 is 2.58 bits per heavy atom. The fourth-order valence-corrected chi connectivity index (χ4v) is 3.69. The molecule has 3 N–H and O–H groups in total. The molecule has 2 rings (SSSR count). The Kier molecular flexibility index (Phi) is 5.70. The Bertz CT molecular complexity index is 766. The first-order chi connectivity index (χ1) is 11.8. The zero-order chi connectivity index (χ0) is 19.9. The molecule has 0 spiro atoms. The molecule has 2 heterocycles. The summed E-state index contributed by atoms with van der Waals surface area (Å²) in [5.41, 5.74) is -2.13. The van der Waals surface area contributed by atoms with Gasteiger partial charge in [0, 0.05) is 18.2 Å². The van der Waals surface area contributed by atoms with Gasteiger partial charge in [0.2, 0.25) is 0 Å². The van der Waals surface area contributed by atoms with Crippen LogP contribution in [0.25, 0.3) is 0 Å². The van der Waals surface area contributed by atoms with Crippen molar-refractivity contribution in [3.05, 3.63) is 32.6 Å². The van der Waals surface area contributed by atoms with Crippen molar-refractivity contribution < 1.29 is 19.4 Å². The van der Waals surface area contributed by atoms with Gasteiger partial charge in [-0.05, 0) is 25.1 Å². The van der Waals surface area contributed by atoms with Crippen molar-refractivity contribution in [3.63, 3.8) is 0 Å². The monoisotopic (exact) mass is 386 g/mol. The number of aliphatic hydroxyl groups excluding tert-OH is 1. The zero-order valence-corrected chi connectivity index (χ0v) is 17.3. The van der Waals surface area contributed by atoms with E-state index in [-0.39, 0.29) is 18.1 Å². The largest absolute Gasteiger partial charge is 0.414 e. The topological polar surface area (TPSA) is 114 Å². The molecule has 1 saturated heterocycles. The van der Waals surface area contributed by atoms with Crippen LogP contribution in [0.15, 0.2) is 15.8 Å². The highest BCUT2D eigenvalue weighted by Crippen LogP contribution is 2.40. The summed E-state index contributed by atoms with van der Waals surface area (Å²) >= 11 is 0. The van der Waals surface area contributed by atoms with E-state index in [4.69, 9.17) is 9.16 Å². The predicted molar refractivity (Wildman–Crippen MR) is 99.8 cm³/mol. The Morgan fingerprint density at radius 1 is 1.42 bits per heavy atom. The minimum atomic E-state index is -2.10. The van der Waals surface area contributed by atoms with Gasteiger partial charge in [-0.1, -0.05) is 20.8 Å². The summed E-state index contributed by atoms with van der Waals surface area (Å²) in [4.78, 5) is 25.9. The number of ether oxygens (including phenoxy) is 1. The van der Waals surface area contributed by atoms with Gasteiger partial charge in [0.25, 0.3) is 5.56 Å². The Hall–Kier alpha value is -1.26. The van der Waals surface area contributed by atoms with Crippen LogP contribution in [0.1, 0.15) is 39.0 Å². The van der Waals surface area contributed by atoms with Crippen LogP contribution in [0.2, 0.25) is 18.1 Å². The number of aromatic nitrogens is 2. The quantitative estimate of drug-likeness (QED) is 0.647. The lowest BCUT2D eigenvalue weighted by molar-refractivity contribution is -0.0984. The van der Waals surface area contributed by atoms with Crippen LogP contribution in [0.5, 0.6) is 0 Å². The molecule has 26 heavy (non-hydrogen) atoms. The van der Waals surface area contributed by atoms with Gasteiger partial charge in [0.1, 0.15) is 17.9 Å². The molecule has 0 aromatic carbocycles. The van der Waals surface area contributed by atoms with Gasteiger partial charge in [-0.3, -0.25) is 14.3 Å². The number of rotatable bonds is 5. The van der Waals surface area contributed by atoms with Gasteiger partial charge in [0.15, 0.2) is 8.32 Å². The lowest BCUT2D eigenvalue weighted by Gasteiger charge is -2.39. The van der Waals surface area contributed by atoms with Crippen LogP contribution in [0.3, 0.4) is 0 Å². The molecule has 3 atom stereocenters. The van der Waals surface area contributed by atoms with Gasteiger partial charge < -0.3 is 19.4 Å². The molecule has 1 fully saturated rings. The normalized spacial score (nSPS) is 27.1. The predicted octanol–water partition coefficient (Wildman–Crippen LogP) is 0.878. The Labute approximate surface area is 153 Å². The summed E-state index contributed by atoms with van der Waals surface area (Å²) in [6, 6.07) is 0. The van der Waals surface area contributed by atoms with Gasteiger partial charge in [-0.15, -0.1) is 0 Å². The first kappa shape index (κ1) is 21.0. The molecule has 1 aliphatic rings. The van der Waals surface area contributed by atoms with E-state index in [0.717, 1.165) is 0 Å².